The number of benzene rings is 1. The second kappa shape index (κ2) is 6.18. The van der Waals surface area contributed by atoms with Gasteiger partial charge in [-0.15, -0.1) is 5.10 Å². The number of hydrogen-bond acceptors (Lipinski definition) is 5. The Balaban J connectivity index is 1.66. The fraction of sp³-hybridized carbons (Fsp3) is 0.0588. The van der Waals surface area contributed by atoms with Crippen molar-refractivity contribution in [2.24, 2.45) is 0 Å². The lowest BCUT2D eigenvalue weighted by Gasteiger charge is -2.02. The highest BCUT2D eigenvalue weighted by molar-refractivity contribution is 7.98. The lowest BCUT2D eigenvalue weighted by atomic mass is 10.2. The van der Waals surface area contributed by atoms with Gasteiger partial charge in [0.25, 0.3) is 5.78 Å². The molecule has 4 rings (SSSR count). The molecule has 3 aromatic heterocycles. The average Bonchev–Trinajstić information content (AvgIpc) is 3.04. The molecule has 0 aliphatic carbocycles. The zero-order chi connectivity index (χ0) is 15.5. The summed E-state index contributed by atoms with van der Waals surface area (Å²) in [5.41, 5.74) is 3.24. The van der Waals surface area contributed by atoms with E-state index >= 15 is 0 Å². The third-order valence-electron chi connectivity index (χ3n) is 3.41. The van der Waals surface area contributed by atoms with Gasteiger partial charge in [-0.25, -0.2) is 4.98 Å². The third-order valence-corrected chi connectivity index (χ3v) is 4.32. The van der Waals surface area contributed by atoms with Gasteiger partial charge in [-0.05, 0) is 23.8 Å². The Morgan fingerprint density at radius 2 is 1.74 bits per heavy atom. The fourth-order valence-corrected chi connectivity index (χ4v) is 3.07. The zero-order valence-electron chi connectivity index (χ0n) is 12.2. The molecule has 112 valence electrons. The second-order valence-electron chi connectivity index (χ2n) is 4.95. The van der Waals surface area contributed by atoms with Crippen molar-refractivity contribution in [3.63, 3.8) is 0 Å². The van der Waals surface area contributed by atoms with Crippen LogP contribution in [-0.4, -0.2) is 24.6 Å². The summed E-state index contributed by atoms with van der Waals surface area (Å²) >= 11 is 1.61. The van der Waals surface area contributed by atoms with Crippen LogP contribution in [-0.2, 0) is 5.75 Å². The van der Waals surface area contributed by atoms with Crippen LogP contribution in [0, 0.1) is 0 Å². The van der Waals surface area contributed by atoms with Gasteiger partial charge >= 0.3 is 0 Å². The molecule has 0 N–H and O–H groups in total. The van der Waals surface area contributed by atoms with Gasteiger partial charge in [0.15, 0.2) is 0 Å². The highest BCUT2D eigenvalue weighted by atomic mass is 32.2. The maximum Gasteiger partial charge on any atom is 0.253 e. The van der Waals surface area contributed by atoms with Crippen molar-refractivity contribution >= 4 is 17.5 Å². The minimum atomic E-state index is 0.606. The third kappa shape index (κ3) is 2.93. The normalized spacial score (nSPS) is 11.0. The minimum Gasteiger partial charge on any atom is -0.265 e. The maximum absolute atomic E-state index is 4.59. The van der Waals surface area contributed by atoms with E-state index in [0.29, 0.717) is 5.78 Å². The van der Waals surface area contributed by atoms with Crippen molar-refractivity contribution in [3.8, 4) is 11.3 Å². The van der Waals surface area contributed by atoms with Crippen LogP contribution in [0.15, 0.2) is 72.3 Å². The summed E-state index contributed by atoms with van der Waals surface area (Å²) in [5, 5.41) is 5.31. The smallest absolute Gasteiger partial charge is 0.253 e. The fourth-order valence-electron chi connectivity index (χ4n) is 2.30. The van der Waals surface area contributed by atoms with Crippen molar-refractivity contribution in [2.45, 2.75) is 10.9 Å². The molecule has 0 saturated heterocycles. The standard InChI is InChI=1S/C17H13N5S/c1-2-4-13(5-3-1)12-23-17-20-16-19-11-8-15(22(16)21-17)14-6-9-18-10-7-14/h1-11H,12H2. The summed E-state index contributed by atoms with van der Waals surface area (Å²) < 4.78 is 1.78. The maximum atomic E-state index is 4.59. The van der Waals surface area contributed by atoms with Gasteiger partial charge in [0.1, 0.15) is 0 Å². The molecular formula is C17H13N5S. The van der Waals surface area contributed by atoms with Crippen molar-refractivity contribution in [1.29, 1.82) is 0 Å². The predicted octanol–water partition coefficient (Wildman–Crippen LogP) is 3.48. The molecule has 0 amide bonds. The molecule has 4 aromatic rings. The van der Waals surface area contributed by atoms with Crippen molar-refractivity contribution in [1.82, 2.24) is 24.6 Å². The average molecular weight is 319 g/mol. The second-order valence-corrected chi connectivity index (χ2v) is 5.89. The SMILES string of the molecule is c1ccc(CSc2nc3nccc(-c4ccncc4)n3n2)cc1. The molecule has 0 unspecified atom stereocenters. The molecule has 23 heavy (non-hydrogen) atoms. The predicted molar refractivity (Wildman–Crippen MR) is 90.0 cm³/mol. The van der Waals surface area contributed by atoms with Crippen LogP contribution in [0.2, 0.25) is 0 Å². The number of pyridine rings is 1. The molecule has 6 heteroatoms. The van der Waals surface area contributed by atoms with E-state index in [2.05, 4.69) is 32.2 Å². The lowest BCUT2D eigenvalue weighted by Crippen LogP contribution is -1.95. The van der Waals surface area contributed by atoms with E-state index in [1.165, 1.54) is 5.56 Å². The van der Waals surface area contributed by atoms with Crippen LogP contribution in [0.4, 0.5) is 0 Å². The number of hydrogen-bond donors (Lipinski definition) is 0. The molecule has 3 heterocycles. The van der Waals surface area contributed by atoms with Crippen LogP contribution < -0.4 is 0 Å². The van der Waals surface area contributed by atoms with Gasteiger partial charge < -0.3 is 0 Å². The minimum absolute atomic E-state index is 0.606. The van der Waals surface area contributed by atoms with Crippen molar-refractivity contribution < 1.29 is 0 Å². The van der Waals surface area contributed by atoms with Crippen LogP contribution in [0.5, 0.6) is 0 Å². The largest absolute Gasteiger partial charge is 0.265 e. The van der Waals surface area contributed by atoms with E-state index in [9.17, 15) is 0 Å². The monoisotopic (exact) mass is 319 g/mol. The summed E-state index contributed by atoms with van der Waals surface area (Å²) in [6.07, 6.45) is 5.29. The van der Waals surface area contributed by atoms with E-state index in [4.69, 9.17) is 0 Å². The summed E-state index contributed by atoms with van der Waals surface area (Å²) in [4.78, 5) is 12.9. The Kier molecular flexibility index (Phi) is 3.73. The van der Waals surface area contributed by atoms with E-state index in [-0.39, 0.29) is 0 Å². The first kappa shape index (κ1) is 13.9. The quantitative estimate of drug-likeness (QED) is 0.539. The topological polar surface area (TPSA) is 56.0 Å². The van der Waals surface area contributed by atoms with Gasteiger partial charge in [0.05, 0.1) is 5.69 Å². The summed E-state index contributed by atoms with van der Waals surface area (Å²) in [6.45, 7) is 0. The molecule has 0 aliphatic rings. The van der Waals surface area contributed by atoms with Crippen LogP contribution in [0.3, 0.4) is 0 Å². The number of fused-ring (bicyclic) bond motifs is 1. The Morgan fingerprint density at radius 3 is 2.57 bits per heavy atom. The number of aromatic nitrogens is 5. The highest BCUT2D eigenvalue weighted by Crippen LogP contribution is 2.23. The molecule has 5 nitrogen and oxygen atoms in total. The van der Waals surface area contributed by atoms with Gasteiger partial charge in [-0.2, -0.15) is 9.50 Å². The number of thioether (sulfide) groups is 1. The number of rotatable bonds is 4. The van der Waals surface area contributed by atoms with Gasteiger partial charge in [-0.1, -0.05) is 42.1 Å². The highest BCUT2D eigenvalue weighted by Gasteiger charge is 2.10. The van der Waals surface area contributed by atoms with Crippen molar-refractivity contribution in [2.75, 3.05) is 0 Å². The Morgan fingerprint density at radius 1 is 0.913 bits per heavy atom. The Labute approximate surface area is 137 Å². The summed E-state index contributed by atoms with van der Waals surface area (Å²) in [6, 6.07) is 16.1. The molecule has 0 spiro atoms. The van der Waals surface area contributed by atoms with Gasteiger partial charge in [0, 0.05) is 29.9 Å². The zero-order valence-corrected chi connectivity index (χ0v) is 13.0. The first-order valence-electron chi connectivity index (χ1n) is 7.19. The molecule has 1 aromatic carbocycles. The number of nitrogens with zero attached hydrogens (tertiary/aromatic N) is 5. The first-order chi connectivity index (χ1) is 11.4. The Bertz CT molecular complexity index is 922. The molecule has 0 radical (unpaired) electrons. The van der Waals surface area contributed by atoms with E-state index < -0.39 is 0 Å². The van der Waals surface area contributed by atoms with E-state index in [1.807, 2.05) is 36.4 Å². The van der Waals surface area contributed by atoms with Crippen LogP contribution in [0.25, 0.3) is 17.0 Å². The van der Waals surface area contributed by atoms with E-state index in [1.54, 1.807) is 34.9 Å². The van der Waals surface area contributed by atoms with Gasteiger partial charge in [0.2, 0.25) is 5.16 Å². The molecule has 0 fully saturated rings. The molecular weight excluding hydrogens is 306 g/mol. The summed E-state index contributed by atoms with van der Waals surface area (Å²) in [5.74, 6) is 1.44. The Hall–Kier alpha value is -2.73. The molecule has 0 saturated carbocycles. The van der Waals surface area contributed by atoms with Crippen LogP contribution in [0.1, 0.15) is 5.56 Å². The lowest BCUT2D eigenvalue weighted by molar-refractivity contribution is 0.886. The van der Waals surface area contributed by atoms with E-state index in [0.717, 1.165) is 22.2 Å². The summed E-state index contributed by atoms with van der Waals surface area (Å²) in [7, 11) is 0. The first-order valence-corrected chi connectivity index (χ1v) is 8.17. The molecule has 0 bridgehead atoms. The van der Waals surface area contributed by atoms with Crippen LogP contribution >= 0.6 is 11.8 Å². The molecule has 0 atom stereocenters. The molecule has 0 aliphatic heterocycles. The van der Waals surface area contributed by atoms with Gasteiger partial charge in [-0.3, -0.25) is 4.98 Å². The van der Waals surface area contributed by atoms with Crippen molar-refractivity contribution in [3.05, 3.63) is 72.7 Å².